The van der Waals surface area contributed by atoms with E-state index >= 15 is 0 Å². The molecule has 3 rings (SSSR count). The van der Waals surface area contributed by atoms with Crippen LogP contribution in [-0.2, 0) is 9.53 Å². The molecule has 0 N–H and O–H groups in total. The molecule has 0 aromatic rings. The molecule has 1 aliphatic carbocycles. The van der Waals surface area contributed by atoms with Crippen molar-refractivity contribution in [3.63, 3.8) is 0 Å². The lowest BCUT2D eigenvalue weighted by Gasteiger charge is -2.47. The van der Waals surface area contributed by atoms with Crippen LogP contribution < -0.4 is 0 Å². The Labute approximate surface area is 101 Å². The van der Waals surface area contributed by atoms with Crippen molar-refractivity contribution in [3.05, 3.63) is 0 Å². The fourth-order valence-electron chi connectivity index (χ4n) is 3.26. The molecule has 0 amide bonds. The predicted octanol–water partition coefficient (Wildman–Crippen LogP) is 2.80. The Morgan fingerprint density at radius 1 is 1.25 bits per heavy atom. The topological polar surface area (TPSA) is 26.3 Å². The smallest absolute Gasteiger partial charge is 0.149 e. The van der Waals surface area contributed by atoms with Gasteiger partial charge in [-0.2, -0.15) is 11.8 Å². The molecule has 0 bridgehead atoms. The number of ketones is 1. The molecule has 2 unspecified atom stereocenters. The van der Waals surface area contributed by atoms with Gasteiger partial charge >= 0.3 is 0 Å². The molecule has 2 heterocycles. The lowest BCUT2D eigenvalue weighted by molar-refractivity contribution is -0.155. The molecule has 2 atom stereocenters. The fourth-order valence-corrected chi connectivity index (χ4v) is 4.56. The average Bonchev–Trinajstić information content (AvgIpc) is 2.79. The van der Waals surface area contributed by atoms with E-state index in [4.69, 9.17) is 4.74 Å². The Bertz CT molecular complexity index is 280. The minimum Gasteiger partial charge on any atom is -0.375 e. The van der Waals surface area contributed by atoms with Gasteiger partial charge in [0.1, 0.15) is 5.78 Å². The molecule has 16 heavy (non-hydrogen) atoms. The van der Waals surface area contributed by atoms with E-state index in [9.17, 15) is 4.79 Å². The molecular formula is C13H20O2S. The molecule has 1 saturated carbocycles. The summed E-state index contributed by atoms with van der Waals surface area (Å²) in [5, 5.41) is 0.320. The molecular weight excluding hydrogens is 220 g/mol. The highest BCUT2D eigenvalue weighted by molar-refractivity contribution is 8.00. The number of rotatable bonds is 2. The third-order valence-electron chi connectivity index (χ3n) is 4.41. The van der Waals surface area contributed by atoms with E-state index in [1.165, 1.54) is 31.4 Å². The maximum absolute atomic E-state index is 12.4. The quantitative estimate of drug-likeness (QED) is 0.742. The van der Waals surface area contributed by atoms with Crippen LogP contribution in [0.3, 0.4) is 0 Å². The average molecular weight is 240 g/mol. The number of hydrogen-bond donors (Lipinski definition) is 0. The summed E-state index contributed by atoms with van der Waals surface area (Å²) in [5.74, 6) is 2.03. The van der Waals surface area contributed by atoms with Gasteiger partial charge in [-0.3, -0.25) is 4.79 Å². The molecule has 0 radical (unpaired) electrons. The monoisotopic (exact) mass is 240 g/mol. The molecule has 2 aliphatic heterocycles. The van der Waals surface area contributed by atoms with Crippen molar-refractivity contribution in [1.82, 2.24) is 0 Å². The number of carbonyl (C=O) groups excluding carboxylic acids is 1. The van der Waals surface area contributed by atoms with Gasteiger partial charge in [0.2, 0.25) is 0 Å². The van der Waals surface area contributed by atoms with Crippen molar-refractivity contribution in [2.45, 2.75) is 55.8 Å². The van der Waals surface area contributed by atoms with Gasteiger partial charge < -0.3 is 4.74 Å². The van der Waals surface area contributed by atoms with Gasteiger partial charge in [-0.25, -0.2) is 0 Å². The van der Waals surface area contributed by atoms with Gasteiger partial charge in [0, 0.05) is 12.5 Å². The van der Waals surface area contributed by atoms with E-state index in [1.54, 1.807) is 0 Å². The van der Waals surface area contributed by atoms with Gasteiger partial charge in [-0.05, 0) is 50.7 Å². The Morgan fingerprint density at radius 2 is 2.12 bits per heavy atom. The molecule has 0 aromatic heterocycles. The highest BCUT2D eigenvalue weighted by Crippen LogP contribution is 2.45. The van der Waals surface area contributed by atoms with Gasteiger partial charge in [0.05, 0.1) is 10.9 Å². The number of hydrogen-bond acceptors (Lipinski definition) is 3. The van der Waals surface area contributed by atoms with Gasteiger partial charge in [-0.15, -0.1) is 0 Å². The minimum absolute atomic E-state index is 0.127. The summed E-state index contributed by atoms with van der Waals surface area (Å²) in [5.41, 5.74) is 0.127. The molecule has 0 aromatic carbocycles. The standard InChI is InChI=1S/C13H20O2S/c14-12(11-3-1-8-16-11)10-4-7-15-13(9-10)5-2-6-13/h10-11H,1-9H2. The first-order valence-electron chi connectivity index (χ1n) is 6.58. The SMILES string of the molecule is O=C(C1CCOC2(CCC2)C1)C1CCCS1. The molecule has 3 heteroatoms. The normalized spacial score (nSPS) is 37.2. The Kier molecular flexibility index (Phi) is 3.01. The summed E-state index contributed by atoms with van der Waals surface area (Å²) >= 11 is 1.88. The molecule has 3 aliphatic rings. The third kappa shape index (κ3) is 1.92. The highest BCUT2D eigenvalue weighted by Gasteiger charge is 2.45. The highest BCUT2D eigenvalue weighted by atomic mass is 32.2. The zero-order valence-corrected chi connectivity index (χ0v) is 10.6. The second-order valence-electron chi connectivity index (χ2n) is 5.48. The van der Waals surface area contributed by atoms with Crippen LogP contribution >= 0.6 is 11.8 Å². The first kappa shape index (κ1) is 11.1. The van der Waals surface area contributed by atoms with Gasteiger partial charge in [0.15, 0.2) is 0 Å². The van der Waals surface area contributed by atoms with Crippen LogP contribution in [0.4, 0.5) is 0 Å². The Morgan fingerprint density at radius 3 is 2.75 bits per heavy atom. The lowest BCUT2D eigenvalue weighted by Crippen LogP contribution is -2.47. The first-order valence-corrected chi connectivity index (χ1v) is 7.63. The second-order valence-corrected chi connectivity index (χ2v) is 6.79. The van der Waals surface area contributed by atoms with Crippen LogP contribution in [0.2, 0.25) is 0 Å². The van der Waals surface area contributed by atoms with Crippen molar-refractivity contribution in [1.29, 1.82) is 0 Å². The van der Waals surface area contributed by atoms with E-state index in [0.29, 0.717) is 17.0 Å². The largest absolute Gasteiger partial charge is 0.375 e. The Balaban J connectivity index is 1.63. The summed E-state index contributed by atoms with van der Waals surface area (Å²) in [6.45, 7) is 0.813. The number of thioether (sulfide) groups is 1. The summed E-state index contributed by atoms with van der Waals surface area (Å²) < 4.78 is 5.89. The maximum Gasteiger partial charge on any atom is 0.149 e. The van der Waals surface area contributed by atoms with E-state index in [2.05, 4.69) is 0 Å². The van der Waals surface area contributed by atoms with Crippen molar-refractivity contribution < 1.29 is 9.53 Å². The predicted molar refractivity (Wildman–Crippen MR) is 65.7 cm³/mol. The summed E-state index contributed by atoms with van der Waals surface area (Å²) in [7, 11) is 0. The van der Waals surface area contributed by atoms with Crippen molar-refractivity contribution in [3.8, 4) is 0 Å². The molecule has 2 saturated heterocycles. The van der Waals surface area contributed by atoms with Crippen molar-refractivity contribution in [2.24, 2.45) is 5.92 Å². The van der Waals surface area contributed by atoms with Crippen LogP contribution in [0.25, 0.3) is 0 Å². The molecule has 1 spiro atoms. The minimum atomic E-state index is 0.127. The van der Waals surface area contributed by atoms with Crippen LogP contribution in [0.5, 0.6) is 0 Å². The van der Waals surface area contributed by atoms with Crippen LogP contribution in [-0.4, -0.2) is 29.0 Å². The van der Waals surface area contributed by atoms with Crippen molar-refractivity contribution in [2.75, 3.05) is 12.4 Å². The summed E-state index contributed by atoms with van der Waals surface area (Å²) in [4.78, 5) is 12.4. The lowest BCUT2D eigenvalue weighted by atomic mass is 9.71. The van der Waals surface area contributed by atoms with E-state index < -0.39 is 0 Å². The van der Waals surface area contributed by atoms with E-state index in [0.717, 1.165) is 25.9 Å². The molecule has 3 fully saturated rings. The Hall–Kier alpha value is -0.0200. The number of carbonyl (C=O) groups is 1. The zero-order valence-electron chi connectivity index (χ0n) is 9.74. The van der Waals surface area contributed by atoms with Crippen molar-refractivity contribution >= 4 is 17.5 Å². The van der Waals surface area contributed by atoms with Crippen LogP contribution in [0, 0.1) is 5.92 Å². The summed E-state index contributed by atoms with van der Waals surface area (Å²) in [6.07, 6.45) is 8.01. The molecule has 90 valence electrons. The fraction of sp³-hybridized carbons (Fsp3) is 0.923. The number of ether oxygens (including phenoxy) is 1. The van der Waals surface area contributed by atoms with Gasteiger partial charge in [0.25, 0.3) is 0 Å². The third-order valence-corrected chi connectivity index (χ3v) is 5.80. The second kappa shape index (κ2) is 4.34. The van der Waals surface area contributed by atoms with Crippen LogP contribution in [0.15, 0.2) is 0 Å². The maximum atomic E-state index is 12.4. The van der Waals surface area contributed by atoms with Crippen LogP contribution in [0.1, 0.15) is 44.9 Å². The summed E-state index contributed by atoms with van der Waals surface area (Å²) in [6, 6.07) is 0. The molecule has 2 nitrogen and oxygen atoms in total. The van der Waals surface area contributed by atoms with E-state index in [-0.39, 0.29) is 5.60 Å². The zero-order chi connectivity index (χ0) is 11.0. The van der Waals surface area contributed by atoms with Gasteiger partial charge in [-0.1, -0.05) is 0 Å². The van der Waals surface area contributed by atoms with E-state index in [1.807, 2.05) is 11.8 Å². The number of Topliss-reactive ketones (excluding diaryl/α,β-unsaturated/α-hetero) is 1. The first-order chi connectivity index (χ1) is 7.79.